The number of rotatable bonds is 3. The maximum atomic E-state index is 11.6. The van der Waals surface area contributed by atoms with Gasteiger partial charge in [0.1, 0.15) is 6.07 Å². The summed E-state index contributed by atoms with van der Waals surface area (Å²) in [7, 11) is 0. The minimum absolute atomic E-state index is 0.0179. The number of nitrogens with zero attached hydrogens (tertiary/aromatic N) is 3. The average molecular weight is 295 g/mol. The summed E-state index contributed by atoms with van der Waals surface area (Å²) in [5, 5.41) is 20.4. The molecule has 1 atom stereocenters. The van der Waals surface area contributed by atoms with Gasteiger partial charge in [-0.05, 0) is 0 Å². The summed E-state index contributed by atoms with van der Waals surface area (Å²) in [6.45, 7) is 0. The Morgan fingerprint density at radius 2 is 2.24 bits per heavy atom. The van der Waals surface area contributed by atoms with E-state index in [0.717, 1.165) is 0 Å². The number of terminal acetylenes is 1. The van der Waals surface area contributed by atoms with Crippen LogP contribution >= 0.6 is 15.9 Å². The largest absolute Gasteiger partial charge is 0.369 e. The molecule has 0 spiro atoms. The first-order valence-electron chi connectivity index (χ1n) is 4.35. The highest BCUT2D eigenvalue weighted by Gasteiger charge is 2.32. The molecule has 17 heavy (non-hydrogen) atoms. The van der Waals surface area contributed by atoms with Crippen molar-refractivity contribution in [3.63, 3.8) is 0 Å². The third kappa shape index (κ3) is 3.00. The molecule has 1 unspecified atom stereocenters. The lowest BCUT2D eigenvalue weighted by molar-refractivity contribution is -0.127. The van der Waals surface area contributed by atoms with Crippen LogP contribution in [-0.4, -0.2) is 31.9 Å². The molecule has 2 N–H and O–H groups in total. The Morgan fingerprint density at radius 3 is 2.65 bits per heavy atom. The van der Waals surface area contributed by atoms with Gasteiger partial charge >= 0.3 is 0 Å². The second kappa shape index (κ2) is 5.39. The first-order valence-corrected chi connectivity index (χ1v) is 5.47. The Balaban J connectivity index is 2.82. The number of alkyl halides is 1. The molecule has 7 heteroatoms. The van der Waals surface area contributed by atoms with Crippen molar-refractivity contribution in [1.82, 2.24) is 9.97 Å². The fourth-order valence-electron chi connectivity index (χ4n) is 0.850. The molecule has 1 aromatic rings. The van der Waals surface area contributed by atoms with Gasteiger partial charge in [0.15, 0.2) is 0 Å². The summed E-state index contributed by atoms with van der Waals surface area (Å²) < 4.78 is 0. The van der Waals surface area contributed by atoms with Crippen molar-refractivity contribution in [2.45, 2.75) is 5.60 Å². The van der Waals surface area contributed by atoms with E-state index in [2.05, 4.69) is 31.2 Å². The molecule has 1 rings (SSSR count). The van der Waals surface area contributed by atoms with E-state index in [0.29, 0.717) is 0 Å². The molecule has 1 aromatic heterocycles. The molecule has 0 fully saturated rings. The minimum atomic E-state index is -1.94. The third-order valence-electron chi connectivity index (χ3n) is 1.82. The number of aromatic nitrogens is 2. The number of amides is 1. The highest BCUT2D eigenvalue weighted by molar-refractivity contribution is 9.09. The molecule has 86 valence electrons. The SMILES string of the molecule is C#CC(O)(CBr)C(=O)Nc1cnc(C#N)nc1. The zero-order valence-corrected chi connectivity index (χ0v) is 10.1. The quantitative estimate of drug-likeness (QED) is 0.606. The summed E-state index contributed by atoms with van der Waals surface area (Å²) in [6, 6.07) is 1.74. The lowest BCUT2D eigenvalue weighted by Crippen LogP contribution is -2.43. The smallest absolute Gasteiger partial charge is 0.270 e. The number of hydrogen-bond acceptors (Lipinski definition) is 5. The molecule has 0 radical (unpaired) electrons. The van der Waals surface area contributed by atoms with E-state index in [9.17, 15) is 9.90 Å². The van der Waals surface area contributed by atoms with Crippen LogP contribution in [0.3, 0.4) is 0 Å². The average Bonchev–Trinajstić information content (AvgIpc) is 2.38. The Morgan fingerprint density at radius 1 is 1.65 bits per heavy atom. The monoisotopic (exact) mass is 294 g/mol. The van der Waals surface area contributed by atoms with E-state index in [4.69, 9.17) is 11.7 Å². The van der Waals surface area contributed by atoms with Crippen molar-refractivity contribution in [2.75, 3.05) is 10.6 Å². The zero-order valence-electron chi connectivity index (χ0n) is 8.51. The van der Waals surface area contributed by atoms with Crippen LogP contribution in [0.2, 0.25) is 0 Å². The normalized spacial score (nSPS) is 12.9. The molecule has 0 aliphatic heterocycles. The minimum Gasteiger partial charge on any atom is -0.369 e. The van der Waals surface area contributed by atoms with Gasteiger partial charge in [0.25, 0.3) is 5.91 Å². The van der Waals surface area contributed by atoms with E-state index in [1.165, 1.54) is 12.4 Å². The first kappa shape index (κ1) is 13.1. The molecule has 0 aromatic carbocycles. The number of nitriles is 1. The Kier molecular flexibility index (Phi) is 4.16. The number of carbonyl (C=O) groups excluding carboxylic acids is 1. The standard InChI is InChI=1S/C10H7BrN4O2/c1-2-10(17,6-11)9(16)15-7-4-13-8(3-12)14-5-7/h1,4-5,17H,6H2,(H,15,16). The highest BCUT2D eigenvalue weighted by Crippen LogP contribution is 2.11. The number of nitrogens with one attached hydrogen (secondary N) is 1. The number of aliphatic hydroxyl groups is 1. The van der Waals surface area contributed by atoms with Gasteiger partial charge in [-0.2, -0.15) is 5.26 Å². The van der Waals surface area contributed by atoms with Crippen LogP contribution in [0.5, 0.6) is 0 Å². The summed E-state index contributed by atoms with van der Waals surface area (Å²) in [6.07, 6.45) is 7.54. The molecule has 1 amide bonds. The Bertz CT molecular complexity index is 503. The maximum Gasteiger partial charge on any atom is 0.270 e. The number of anilines is 1. The van der Waals surface area contributed by atoms with Gasteiger partial charge in [0, 0.05) is 0 Å². The lowest BCUT2D eigenvalue weighted by Gasteiger charge is -2.17. The second-order valence-corrected chi connectivity index (χ2v) is 3.56. The molecule has 0 bridgehead atoms. The Labute approximate surface area is 106 Å². The van der Waals surface area contributed by atoms with Crippen molar-refractivity contribution < 1.29 is 9.90 Å². The lowest BCUT2D eigenvalue weighted by atomic mass is 10.1. The molecular formula is C10H7BrN4O2. The highest BCUT2D eigenvalue weighted by atomic mass is 79.9. The maximum absolute atomic E-state index is 11.6. The van der Waals surface area contributed by atoms with Crippen LogP contribution in [-0.2, 0) is 4.79 Å². The second-order valence-electron chi connectivity index (χ2n) is 3.00. The van der Waals surface area contributed by atoms with E-state index in [1.807, 2.05) is 5.92 Å². The third-order valence-corrected chi connectivity index (χ3v) is 2.63. The van der Waals surface area contributed by atoms with Gasteiger partial charge in [-0.15, -0.1) is 6.42 Å². The molecule has 0 aliphatic rings. The van der Waals surface area contributed by atoms with Gasteiger partial charge in [0.2, 0.25) is 11.4 Å². The van der Waals surface area contributed by atoms with Crippen LogP contribution in [0, 0.1) is 23.7 Å². The topological polar surface area (TPSA) is 98.9 Å². The van der Waals surface area contributed by atoms with Crippen LogP contribution in [0.1, 0.15) is 5.82 Å². The van der Waals surface area contributed by atoms with E-state index in [1.54, 1.807) is 6.07 Å². The molecule has 0 saturated heterocycles. The summed E-state index contributed by atoms with van der Waals surface area (Å²) in [5.74, 6) is 1.18. The van der Waals surface area contributed by atoms with Gasteiger partial charge < -0.3 is 10.4 Å². The predicted octanol–water partition coefficient (Wildman–Crippen LogP) is 0.0460. The van der Waals surface area contributed by atoms with Gasteiger partial charge in [0.05, 0.1) is 23.4 Å². The molecule has 6 nitrogen and oxygen atoms in total. The Hall–Kier alpha value is -1.96. The van der Waals surface area contributed by atoms with Crippen LogP contribution in [0.25, 0.3) is 0 Å². The van der Waals surface area contributed by atoms with Crippen molar-refractivity contribution in [1.29, 1.82) is 5.26 Å². The molecular weight excluding hydrogens is 288 g/mol. The van der Waals surface area contributed by atoms with Crippen LogP contribution < -0.4 is 5.32 Å². The van der Waals surface area contributed by atoms with Gasteiger partial charge in [-0.25, -0.2) is 9.97 Å². The van der Waals surface area contributed by atoms with Crippen LogP contribution in [0.15, 0.2) is 12.4 Å². The molecule has 0 saturated carbocycles. The van der Waals surface area contributed by atoms with Crippen molar-refractivity contribution in [3.8, 4) is 18.4 Å². The number of carbonyl (C=O) groups is 1. The van der Waals surface area contributed by atoms with Crippen molar-refractivity contribution in [2.24, 2.45) is 0 Å². The summed E-state index contributed by atoms with van der Waals surface area (Å²) in [5.41, 5.74) is -1.70. The van der Waals surface area contributed by atoms with Crippen molar-refractivity contribution >= 4 is 27.5 Å². The molecule has 1 heterocycles. The van der Waals surface area contributed by atoms with Crippen molar-refractivity contribution in [3.05, 3.63) is 18.2 Å². The summed E-state index contributed by atoms with van der Waals surface area (Å²) in [4.78, 5) is 18.9. The predicted molar refractivity (Wildman–Crippen MR) is 63.0 cm³/mol. The number of halogens is 1. The fourth-order valence-corrected chi connectivity index (χ4v) is 1.27. The van der Waals surface area contributed by atoms with Gasteiger partial charge in [-0.3, -0.25) is 4.79 Å². The van der Waals surface area contributed by atoms with Gasteiger partial charge in [-0.1, -0.05) is 21.9 Å². The van der Waals surface area contributed by atoms with E-state index < -0.39 is 11.5 Å². The summed E-state index contributed by atoms with van der Waals surface area (Å²) >= 11 is 2.94. The molecule has 0 aliphatic carbocycles. The van der Waals surface area contributed by atoms with E-state index >= 15 is 0 Å². The van der Waals surface area contributed by atoms with E-state index in [-0.39, 0.29) is 16.8 Å². The number of hydrogen-bond donors (Lipinski definition) is 2. The van der Waals surface area contributed by atoms with Crippen LogP contribution in [0.4, 0.5) is 5.69 Å². The first-order chi connectivity index (χ1) is 8.05. The fraction of sp³-hybridized carbons (Fsp3) is 0.200. The zero-order chi connectivity index (χ0) is 12.9.